The summed E-state index contributed by atoms with van der Waals surface area (Å²) in [5, 5.41) is 11.2. The minimum Gasteiger partial charge on any atom is -0.379 e. The van der Waals surface area contributed by atoms with Crippen LogP contribution < -0.4 is 10.2 Å². The molecule has 0 radical (unpaired) electrons. The van der Waals surface area contributed by atoms with Crippen LogP contribution in [-0.4, -0.2) is 56.0 Å². The van der Waals surface area contributed by atoms with Crippen LogP contribution >= 0.6 is 23.2 Å². The molecule has 0 spiro atoms. The zero-order chi connectivity index (χ0) is 49.9. The van der Waals surface area contributed by atoms with E-state index in [2.05, 4.69) is 15.5 Å². The van der Waals surface area contributed by atoms with Gasteiger partial charge in [0.1, 0.15) is 0 Å². The number of halogens is 8. The molecular formula is C49H40Cl2F6N6O4S2. The van der Waals surface area contributed by atoms with Crippen molar-refractivity contribution in [2.24, 2.45) is 0 Å². The fraction of sp³-hybridized carbons (Fsp3) is 0.143. The van der Waals surface area contributed by atoms with Crippen LogP contribution in [0.3, 0.4) is 0 Å². The minimum atomic E-state index is -4.60. The summed E-state index contributed by atoms with van der Waals surface area (Å²) in [4.78, 5) is 2.24. The molecule has 0 saturated heterocycles. The SMILES string of the molecule is CN(Cc1cc(C(F)(F)F)nn1-c1ccccc1Cl)c1ccc(-c2cccc(S(C)(=O)=O)c2)cc1.CS(=O)(=O)c1cccc(-c2ccc(NCc3cc(C(F)(F)F)nn3-c3ccccc3Cl)cc2)c1. The van der Waals surface area contributed by atoms with Gasteiger partial charge in [-0.25, -0.2) is 26.2 Å². The van der Waals surface area contributed by atoms with Gasteiger partial charge in [-0.1, -0.05) is 96.0 Å². The van der Waals surface area contributed by atoms with Crippen molar-refractivity contribution in [3.8, 4) is 33.6 Å². The third kappa shape index (κ3) is 12.4. The fourth-order valence-corrected chi connectivity index (χ4v) is 8.81. The summed E-state index contributed by atoms with van der Waals surface area (Å²) < 4.78 is 130. The highest BCUT2D eigenvalue weighted by atomic mass is 35.5. The number of nitrogens with one attached hydrogen (secondary N) is 1. The molecule has 8 aromatic rings. The van der Waals surface area contributed by atoms with Gasteiger partial charge in [0.25, 0.3) is 0 Å². The Balaban J connectivity index is 0.000000204. The molecule has 0 saturated carbocycles. The first-order valence-electron chi connectivity index (χ1n) is 20.5. The molecule has 0 atom stereocenters. The Labute approximate surface area is 404 Å². The molecular weight excluding hydrogens is 986 g/mol. The Morgan fingerprint density at radius 2 is 0.957 bits per heavy atom. The number of aromatic nitrogens is 4. The van der Waals surface area contributed by atoms with Gasteiger partial charge >= 0.3 is 12.4 Å². The monoisotopic (exact) mass is 1020 g/mol. The molecule has 1 N–H and O–H groups in total. The van der Waals surface area contributed by atoms with E-state index in [4.69, 9.17) is 23.2 Å². The Hall–Kier alpha value is -6.60. The molecule has 0 amide bonds. The first-order valence-corrected chi connectivity index (χ1v) is 25.1. The molecule has 6 aromatic carbocycles. The number of para-hydroxylation sites is 2. The van der Waals surface area contributed by atoms with Gasteiger partial charge in [-0.15, -0.1) is 0 Å². The maximum absolute atomic E-state index is 13.4. The second-order valence-corrected chi connectivity index (χ2v) is 20.5. The maximum Gasteiger partial charge on any atom is 0.435 e. The predicted octanol–water partition coefficient (Wildman–Crippen LogP) is 12.5. The minimum absolute atomic E-state index is 0.0667. The fourth-order valence-electron chi connectivity index (χ4n) is 7.05. The van der Waals surface area contributed by atoms with E-state index in [1.54, 1.807) is 121 Å². The van der Waals surface area contributed by atoms with E-state index in [-0.39, 0.29) is 38.6 Å². The van der Waals surface area contributed by atoms with Crippen molar-refractivity contribution in [1.82, 2.24) is 19.6 Å². The van der Waals surface area contributed by atoms with Crippen LogP contribution in [0.1, 0.15) is 22.8 Å². The number of nitrogens with zero attached hydrogens (tertiary/aromatic N) is 5. The number of sulfone groups is 2. The van der Waals surface area contributed by atoms with E-state index in [9.17, 15) is 43.2 Å². The predicted molar refractivity (Wildman–Crippen MR) is 257 cm³/mol. The van der Waals surface area contributed by atoms with Crippen LogP contribution in [0.15, 0.2) is 168 Å². The van der Waals surface area contributed by atoms with E-state index in [0.717, 1.165) is 52.6 Å². The number of rotatable bonds is 12. The topological polar surface area (TPSA) is 119 Å². The third-order valence-corrected chi connectivity index (χ3v) is 13.4. The van der Waals surface area contributed by atoms with E-state index in [1.165, 1.54) is 15.4 Å². The van der Waals surface area contributed by atoms with Gasteiger partial charge in [-0.2, -0.15) is 36.5 Å². The summed E-state index contributed by atoms with van der Waals surface area (Å²) in [6, 6.07) is 42.8. The molecule has 358 valence electrons. The molecule has 0 fully saturated rings. The van der Waals surface area contributed by atoms with Gasteiger partial charge in [-0.05, 0) is 107 Å². The summed E-state index contributed by atoms with van der Waals surface area (Å²) in [6.07, 6.45) is -6.89. The Kier molecular flexibility index (Phi) is 14.7. The largest absolute Gasteiger partial charge is 0.435 e. The molecule has 10 nitrogen and oxygen atoms in total. The molecule has 0 bridgehead atoms. The Morgan fingerprint density at radius 1 is 0.536 bits per heavy atom. The van der Waals surface area contributed by atoms with Gasteiger partial charge in [0.2, 0.25) is 0 Å². The molecule has 2 aromatic heterocycles. The molecule has 0 aliphatic heterocycles. The van der Waals surface area contributed by atoms with Crippen LogP contribution in [0.25, 0.3) is 33.6 Å². The maximum atomic E-state index is 13.4. The Morgan fingerprint density at radius 3 is 1.39 bits per heavy atom. The highest BCUT2D eigenvalue weighted by molar-refractivity contribution is 7.91. The third-order valence-electron chi connectivity index (χ3n) is 10.6. The Bertz CT molecular complexity index is 3340. The van der Waals surface area contributed by atoms with Crippen molar-refractivity contribution < 1.29 is 43.2 Å². The normalized spacial score (nSPS) is 12.0. The van der Waals surface area contributed by atoms with Crippen molar-refractivity contribution in [3.63, 3.8) is 0 Å². The van der Waals surface area contributed by atoms with Crippen LogP contribution in [-0.2, 0) is 45.1 Å². The number of hydrogen-bond donors (Lipinski definition) is 1. The van der Waals surface area contributed by atoms with Gasteiger partial charge < -0.3 is 10.2 Å². The van der Waals surface area contributed by atoms with Crippen LogP contribution in [0.5, 0.6) is 0 Å². The molecule has 2 heterocycles. The summed E-state index contributed by atoms with van der Waals surface area (Å²) in [6.45, 7) is 0.203. The summed E-state index contributed by atoms with van der Waals surface area (Å²) in [5.74, 6) is 0. The summed E-state index contributed by atoms with van der Waals surface area (Å²) in [5.41, 5.74) is 3.82. The molecule has 8 rings (SSSR count). The highest BCUT2D eigenvalue weighted by Gasteiger charge is 2.36. The second-order valence-electron chi connectivity index (χ2n) is 15.7. The smallest absolute Gasteiger partial charge is 0.379 e. The van der Waals surface area contributed by atoms with Crippen LogP contribution in [0, 0.1) is 0 Å². The van der Waals surface area contributed by atoms with Gasteiger partial charge in [0.05, 0.1) is 55.7 Å². The van der Waals surface area contributed by atoms with Gasteiger partial charge in [0, 0.05) is 30.9 Å². The summed E-state index contributed by atoms with van der Waals surface area (Å²) >= 11 is 12.4. The molecule has 0 aliphatic rings. The zero-order valence-corrected chi connectivity index (χ0v) is 39.8. The lowest BCUT2D eigenvalue weighted by Crippen LogP contribution is -2.19. The molecule has 69 heavy (non-hydrogen) atoms. The zero-order valence-electron chi connectivity index (χ0n) is 36.6. The van der Waals surface area contributed by atoms with Crippen molar-refractivity contribution in [1.29, 1.82) is 0 Å². The number of alkyl halides is 6. The first-order chi connectivity index (χ1) is 32.5. The number of anilines is 2. The number of hydrogen-bond acceptors (Lipinski definition) is 8. The lowest BCUT2D eigenvalue weighted by atomic mass is 10.1. The lowest BCUT2D eigenvalue weighted by molar-refractivity contribution is -0.142. The average Bonchev–Trinajstić information content (AvgIpc) is 3.94. The summed E-state index contributed by atoms with van der Waals surface area (Å²) in [7, 11) is -4.90. The average molecular weight is 1030 g/mol. The van der Waals surface area contributed by atoms with E-state index in [1.807, 2.05) is 30.3 Å². The quantitative estimate of drug-likeness (QED) is 0.120. The van der Waals surface area contributed by atoms with E-state index >= 15 is 0 Å². The lowest BCUT2D eigenvalue weighted by Gasteiger charge is -2.20. The number of benzene rings is 6. The van der Waals surface area contributed by atoms with Crippen molar-refractivity contribution >= 4 is 54.3 Å². The molecule has 0 unspecified atom stereocenters. The molecule has 0 aliphatic carbocycles. The molecule has 20 heteroatoms. The van der Waals surface area contributed by atoms with Gasteiger partial charge in [-0.3, -0.25) is 0 Å². The van der Waals surface area contributed by atoms with Crippen molar-refractivity contribution in [3.05, 3.63) is 191 Å². The van der Waals surface area contributed by atoms with Crippen LogP contribution in [0.2, 0.25) is 10.0 Å². The van der Waals surface area contributed by atoms with Gasteiger partial charge in [0.15, 0.2) is 31.1 Å². The van der Waals surface area contributed by atoms with E-state index in [0.29, 0.717) is 22.8 Å². The standard InChI is InChI=1S/C25H21ClF3N3O2S.C24H19ClF3N3O2S/c1-31(19-12-10-17(11-13-19)18-6-5-7-21(14-18)35(2,33)34)16-20-15-24(25(27,28)29)30-32(20)23-9-4-3-8-22(23)26;1-34(32,33)20-6-4-5-17(13-20)16-9-11-18(12-10-16)29-15-19-14-23(24(26,27)28)30-31(19)22-8-3-2-7-21(22)25/h3-15H,16H2,1-2H3;2-14,29H,15H2,1H3. The van der Waals surface area contributed by atoms with E-state index < -0.39 is 43.4 Å². The highest BCUT2D eigenvalue weighted by Crippen LogP contribution is 2.34. The second kappa shape index (κ2) is 20.2. The first kappa shape index (κ1) is 50.3. The van der Waals surface area contributed by atoms with Crippen molar-refractivity contribution in [2.75, 3.05) is 29.8 Å². The van der Waals surface area contributed by atoms with Crippen LogP contribution in [0.4, 0.5) is 37.7 Å². The van der Waals surface area contributed by atoms with Crippen molar-refractivity contribution in [2.45, 2.75) is 35.2 Å².